The van der Waals surface area contributed by atoms with Crippen LogP contribution in [0, 0.1) is 5.92 Å². The van der Waals surface area contributed by atoms with Crippen molar-refractivity contribution in [2.45, 2.75) is 51.6 Å². The van der Waals surface area contributed by atoms with Gasteiger partial charge in [0.2, 0.25) is 11.8 Å². The van der Waals surface area contributed by atoms with Gasteiger partial charge in [0, 0.05) is 5.92 Å². The Balaban J connectivity index is 0.00000180. The van der Waals surface area contributed by atoms with Crippen molar-refractivity contribution in [1.29, 1.82) is 0 Å². The molecule has 19 heavy (non-hydrogen) atoms. The third-order valence-electron chi connectivity index (χ3n) is 3.04. The van der Waals surface area contributed by atoms with E-state index in [4.69, 9.17) is 10.3 Å². The summed E-state index contributed by atoms with van der Waals surface area (Å²) in [4.78, 5) is 16.0. The number of nitrogens with one attached hydrogen (secondary N) is 1. The van der Waals surface area contributed by atoms with Gasteiger partial charge in [0.25, 0.3) is 0 Å². The van der Waals surface area contributed by atoms with Gasteiger partial charge in [0.05, 0.1) is 6.04 Å². The quantitative estimate of drug-likeness (QED) is 0.857. The summed E-state index contributed by atoms with van der Waals surface area (Å²) in [7, 11) is 0. The highest BCUT2D eigenvalue weighted by atomic mass is 35.5. The Kier molecular flexibility index (Phi) is 5.31. The SMILES string of the molecule is CC(C)C(NC(=O)[C@@H](C)N)c1nc(C2CC2)no1.Cl. The van der Waals surface area contributed by atoms with Crippen molar-refractivity contribution in [2.75, 3.05) is 0 Å². The third kappa shape index (κ3) is 3.91. The monoisotopic (exact) mass is 288 g/mol. The molecule has 1 heterocycles. The Morgan fingerprint density at radius 3 is 2.53 bits per heavy atom. The lowest BCUT2D eigenvalue weighted by Gasteiger charge is -2.19. The number of amides is 1. The molecule has 2 rings (SSSR count). The molecule has 1 unspecified atom stereocenters. The summed E-state index contributed by atoms with van der Waals surface area (Å²) in [5, 5.41) is 6.81. The zero-order chi connectivity index (χ0) is 13.3. The van der Waals surface area contributed by atoms with Crippen LogP contribution in [0.15, 0.2) is 4.52 Å². The van der Waals surface area contributed by atoms with Gasteiger partial charge in [-0.2, -0.15) is 4.98 Å². The second kappa shape index (κ2) is 6.34. The Morgan fingerprint density at radius 1 is 1.42 bits per heavy atom. The summed E-state index contributed by atoms with van der Waals surface area (Å²) in [6.45, 7) is 5.64. The van der Waals surface area contributed by atoms with Crippen molar-refractivity contribution in [3.05, 3.63) is 11.7 Å². The number of carbonyl (C=O) groups excluding carboxylic acids is 1. The van der Waals surface area contributed by atoms with Crippen LogP contribution in [0.2, 0.25) is 0 Å². The maximum Gasteiger partial charge on any atom is 0.249 e. The molecule has 0 bridgehead atoms. The average molecular weight is 289 g/mol. The molecule has 0 aromatic carbocycles. The van der Waals surface area contributed by atoms with Crippen LogP contribution >= 0.6 is 12.4 Å². The first-order valence-electron chi connectivity index (χ1n) is 6.38. The number of rotatable bonds is 5. The maximum absolute atomic E-state index is 11.7. The Labute approximate surface area is 118 Å². The lowest BCUT2D eigenvalue weighted by Crippen LogP contribution is -2.41. The second-order valence-corrected chi connectivity index (χ2v) is 5.28. The molecular formula is C12H21ClN4O2. The fourth-order valence-corrected chi connectivity index (χ4v) is 1.68. The molecule has 6 nitrogen and oxygen atoms in total. The van der Waals surface area contributed by atoms with Crippen LogP contribution in [0.5, 0.6) is 0 Å². The molecule has 1 amide bonds. The molecule has 0 radical (unpaired) electrons. The molecule has 0 saturated heterocycles. The van der Waals surface area contributed by atoms with E-state index in [9.17, 15) is 4.79 Å². The van der Waals surface area contributed by atoms with E-state index in [0.29, 0.717) is 11.8 Å². The number of nitrogens with zero attached hydrogens (tertiary/aromatic N) is 2. The Bertz CT molecular complexity index is 429. The number of hydrogen-bond donors (Lipinski definition) is 2. The summed E-state index contributed by atoms with van der Waals surface area (Å²) >= 11 is 0. The van der Waals surface area contributed by atoms with E-state index in [1.165, 1.54) is 0 Å². The van der Waals surface area contributed by atoms with E-state index in [1.54, 1.807) is 6.92 Å². The standard InChI is InChI=1S/C12H20N4O2.ClH/c1-6(2)9(14-11(17)7(3)13)12-15-10(16-18-12)8-4-5-8;/h6-9H,4-5,13H2,1-3H3,(H,14,17);1H/t7-,9?;/m1./s1. The first-order chi connectivity index (χ1) is 8.49. The van der Waals surface area contributed by atoms with Crippen LogP contribution < -0.4 is 11.1 Å². The van der Waals surface area contributed by atoms with Crippen LogP contribution in [-0.2, 0) is 4.79 Å². The lowest BCUT2D eigenvalue weighted by molar-refractivity contribution is -0.123. The minimum absolute atomic E-state index is 0. The van der Waals surface area contributed by atoms with Crippen LogP contribution in [0.3, 0.4) is 0 Å². The molecule has 1 aliphatic carbocycles. The average Bonchev–Trinajstić information content (AvgIpc) is 3.04. The van der Waals surface area contributed by atoms with Crippen molar-refractivity contribution in [1.82, 2.24) is 15.5 Å². The van der Waals surface area contributed by atoms with Crippen molar-refractivity contribution in [2.24, 2.45) is 11.7 Å². The highest BCUT2D eigenvalue weighted by Crippen LogP contribution is 2.38. The predicted molar refractivity (Wildman–Crippen MR) is 72.9 cm³/mol. The lowest BCUT2D eigenvalue weighted by atomic mass is 10.0. The topological polar surface area (TPSA) is 94.0 Å². The Morgan fingerprint density at radius 2 is 2.05 bits per heavy atom. The van der Waals surface area contributed by atoms with Gasteiger partial charge < -0.3 is 15.6 Å². The minimum Gasteiger partial charge on any atom is -0.343 e. The van der Waals surface area contributed by atoms with E-state index >= 15 is 0 Å². The number of carbonyl (C=O) groups is 1. The highest BCUT2D eigenvalue weighted by Gasteiger charge is 2.31. The molecule has 108 valence electrons. The van der Waals surface area contributed by atoms with Gasteiger partial charge in [-0.1, -0.05) is 19.0 Å². The van der Waals surface area contributed by atoms with Crippen molar-refractivity contribution in [3.63, 3.8) is 0 Å². The van der Waals surface area contributed by atoms with Crippen LogP contribution in [0.25, 0.3) is 0 Å². The van der Waals surface area contributed by atoms with Crippen LogP contribution in [0.1, 0.15) is 57.3 Å². The van der Waals surface area contributed by atoms with Gasteiger partial charge in [-0.3, -0.25) is 4.79 Å². The number of hydrogen-bond acceptors (Lipinski definition) is 5. The van der Waals surface area contributed by atoms with Crippen LogP contribution in [0.4, 0.5) is 0 Å². The zero-order valence-electron chi connectivity index (χ0n) is 11.4. The molecule has 1 saturated carbocycles. The van der Waals surface area contributed by atoms with Gasteiger partial charge in [-0.05, 0) is 25.7 Å². The summed E-state index contributed by atoms with van der Waals surface area (Å²) < 4.78 is 5.25. The molecule has 1 aliphatic rings. The minimum atomic E-state index is -0.544. The van der Waals surface area contributed by atoms with E-state index in [2.05, 4.69) is 15.5 Å². The zero-order valence-corrected chi connectivity index (χ0v) is 12.2. The second-order valence-electron chi connectivity index (χ2n) is 5.28. The smallest absolute Gasteiger partial charge is 0.249 e. The highest BCUT2D eigenvalue weighted by molar-refractivity contribution is 5.85. The number of nitrogens with two attached hydrogens (primary N) is 1. The third-order valence-corrected chi connectivity index (χ3v) is 3.04. The summed E-state index contributed by atoms with van der Waals surface area (Å²) in [6, 6.07) is -0.819. The van der Waals surface area contributed by atoms with Gasteiger partial charge in [0.1, 0.15) is 6.04 Å². The molecule has 1 aromatic heterocycles. The fraction of sp³-hybridized carbons (Fsp3) is 0.750. The molecule has 1 aromatic rings. The normalized spacial score (nSPS) is 17.7. The van der Waals surface area contributed by atoms with E-state index in [-0.39, 0.29) is 30.3 Å². The van der Waals surface area contributed by atoms with Crippen molar-refractivity contribution >= 4 is 18.3 Å². The largest absolute Gasteiger partial charge is 0.343 e. The van der Waals surface area contributed by atoms with Crippen molar-refractivity contribution in [3.8, 4) is 0 Å². The molecule has 0 aliphatic heterocycles. The van der Waals surface area contributed by atoms with Crippen LogP contribution in [-0.4, -0.2) is 22.1 Å². The fourth-order valence-electron chi connectivity index (χ4n) is 1.68. The molecule has 2 atom stereocenters. The van der Waals surface area contributed by atoms with Gasteiger partial charge in [0.15, 0.2) is 5.82 Å². The van der Waals surface area contributed by atoms with Gasteiger partial charge in [-0.15, -0.1) is 12.4 Å². The number of halogens is 1. The summed E-state index contributed by atoms with van der Waals surface area (Å²) in [5.41, 5.74) is 5.55. The molecule has 1 fully saturated rings. The molecular weight excluding hydrogens is 268 g/mol. The van der Waals surface area contributed by atoms with E-state index < -0.39 is 6.04 Å². The molecule has 7 heteroatoms. The first kappa shape index (κ1) is 15.9. The van der Waals surface area contributed by atoms with Crippen molar-refractivity contribution < 1.29 is 9.32 Å². The molecule has 3 N–H and O–H groups in total. The van der Waals surface area contributed by atoms with Gasteiger partial charge >= 0.3 is 0 Å². The summed E-state index contributed by atoms with van der Waals surface area (Å²) in [5.74, 6) is 1.63. The predicted octanol–water partition coefficient (Wildman–Crippen LogP) is 1.53. The Hall–Kier alpha value is -1.14. The molecule has 0 spiro atoms. The van der Waals surface area contributed by atoms with E-state index in [0.717, 1.165) is 18.7 Å². The summed E-state index contributed by atoms with van der Waals surface area (Å²) in [6.07, 6.45) is 2.25. The van der Waals surface area contributed by atoms with Gasteiger partial charge in [-0.25, -0.2) is 0 Å². The number of aromatic nitrogens is 2. The van der Waals surface area contributed by atoms with E-state index in [1.807, 2.05) is 13.8 Å². The first-order valence-corrected chi connectivity index (χ1v) is 6.38. The maximum atomic E-state index is 11.7.